The molecule has 24 heavy (non-hydrogen) atoms. The molecule has 1 aliphatic heterocycles. The fraction of sp³-hybridized carbons (Fsp3) is 0.529. The van der Waals surface area contributed by atoms with Gasteiger partial charge in [0.25, 0.3) is 0 Å². The third-order valence-electron chi connectivity index (χ3n) is 4.12. The fourth-order valence-electron chi connectivity index (χ4n) is 2.98. The van der Waals surface area contributed by atoms with E-state index in [1.54, 1.807) is 12.1 Å². The van der Waals surface area contributed by atoms with Crippen molar-refractivity contribution in [2.75, 3.05) is 26.2 Å². The molecule has 1 N–H and O–H groups in total. The average molecular weight is 335 g/mol. The van der Waals surface area contributed by atoms with E-state index in [0.29, 0.717) is 24.0 Å². The van der Waals surface area contributed by atoms with Gasteiger partial charge in [-0.15, -0.1) is 0 Å². The van der Waals surface area contributed by atoms with Crippen LogP contribution in [0.2, 0.25) is 0 Å². The summed E-state index contributed by atoms with van der Waals surface area (Å²) in [5.74, 6) is 1.78. The van der Waals surface area contributed by atoms with E-state index >= 15 is 0 Å². The molecule has 1 aromatic carbocycles. The van der Waals surface area contributed by atoms with Gasteiger partial charge in [-0.25, -0.2) is 4.39 Å². The van der Waals surface area contributed by atoms with Crippen molar-refractivity contribution in [2.24, 2.45) is 0 Å². The largest absolute Gasteiger partial charge is 0.491 e. The van der Waals surface area contributed by atoms with Crippen LogP contribution in [0.15, 0.2) is 28.8 Å². The molecule has 2 atom stereocenters. The summed E-state index contributed by atoms with van der Waals surface area (Å²) >= 11 is 0. The van der Waals surface area contributed by atoms with Gasteiger partial charge in [0, 0.05) is 13.1 Å². The molecule has 3 rings (SSSR count). The molecule has 2 heterocycles. The Hall–Kier alpha value is -1.99. The molecule has 6 nitrogen and oxygen atoms in total. The lowest BCUT2D eigenvalue weighted by atomic mass is 9.98. The van der Waals surface area contributed by atoms with E-state index in [-0.39, 0.29) is 18.3 Å². The van der Waals surface area contributed by atoms with E-state index in [0.717, 1.165) is 25.9 Å². The molecule has 1 aromatic heterocycles. The zero-order valence-electron chi connectivity index (χ0n) is 13.7. The van der Waals surface area contributed by atoms with Crippen molar-refractivity contribution in [1.82, 2.24) is 15.0 Å². The molecule has 1 aliphatic rings. The molecule has 7 heteroatoms. The van der Waals surface area contributed by atoms with Crippen molar-refractivity contribution in [1.29, 1.82) is 0 Å². The highest BCUT2D eigenvalue weighted by Gasteiger charge is 2.26. The van der Waals surface area contributed by atoms with Gasteiger partial charge in [0.1, 0.15) is 24.3 Å². The molecule has 0 amide bonds. The topological polar surface area (TPSA) is 71.6 Å². The van der Waals surface area contributed by atoms with Crippen molar-refractivity contribution in [3.05, 3.63) is 41.8 Å². The summed E-state index contributed by atoms with van der Waals surface area (Å²) < 4.78 is 23.6. The van der Waals surface area contributed by atoms with Crippen LogP contribution >= 0.6 is 0 Å². The highest BCUT2D eigenvalue weighted by Crippen LogP contribution is 2.25. The van der Waals surface area contributed by atoms with Gasteiger partial charge in [0.15, 0.2) is 5.82 Å². The van der Waals surface area contributed by atoms with Gasteiger partial charge in [-0.3, -0.25) is 4.90 Å². The van der Waals surface area contributed by atoms with Gasteiger partial charge in [-0.1, -0.05) is 5.16 Å². The number of piperidine rings is 1. The Bertz CT molecular complexity index is 647. The zero-order chi connectivity index (χ0) is 16.9. The lowest BCUT2D eigenvalue weighted by Gasteiger charge is -2.32. The maximum atomic E-state index is 12.8. The summed E-state index contributed by atoms with van der Waals surface area (Å²) in [6.45, 7) is 4.22. The van der Waals surface area contributed by atoms with Crippen LogP contribution in [-0.4, -0.2) is 52.5 Å². The van der Waals surface area contributed by atoms with E-state index in [1.807, 2.05) is 6.92 Å². The van der Waals surface area contributed by atoms with Crippen molar-refractivity contribution < 1.29 is 18.8 Å². The Kier molecular flexibility index (Phi) is 5.42. The van der Waals surface area contributed by atoms with E-state index in [9.17, 15) is 9.50 Å². The lowest BCUT2D eigenvalue weighted by molar-refractivity contribution is 0.0561. The van der Waals surface area contributed by atoms with Crippen LogP contribution in [0, 0.1) is 12.7 Å². The Morgan fingerprint density at radius 3 is 2.92 bits per heavy atom. The van der Waals surface area contributed by atoms with E-state index < -0.39 is 6.10 Å². The van der Waals surface area contributed by atoms with Gasteiger partial charge < -0.3 is 14.4 Å². The summed E-state index contributed by atoms with van der Waals surface area (Å²) in [4.78, 5) is 6.50. The quantitative estimate of drug-likeness (QED) is 0.872. The molecule has 2 aromatic rings. The number of halogens is 1. The molecule has 0 bridgehead atoms. The van der Waals surface area contributed by atoms with Crippen LogP contribution in [0.3, 0.4) is 0 Å². The van der Waals surface area contributed by atoms with Crippen LogP contribution in [0.4, 0.5) is 4.39 Å². The van der Waals surface area contributed by atoms with Gasteiger partial charge >= 0.3 is 0 Å². The molecular formula is C17H22FN3O3. The van der Waals surface area contributed by atoms with Crippen LogP contribution < -0.4 is 4.74 Å². The maximum Gasteiger partial charge on any atom is 0.231 e. The molecule has 0 saturated carbocycles. The Labute approximate surface area is 140 Å². The first-order valence-electron chi connectivity index (χ1n) is 8.19. The van der Waals surface area contributed by atoms with Crippen LogP contribution in [-0.2, 0) is 0 Å². The van der Waals surface area contributed by atoms with Crippen LogP contribution in [0.5, 0.6) is 5.75 Å². The number of rotatable bonds is 6. The molecule has 1 saturated heterocycles. The predicted octanol–water partition coefficient (Wildman–Crippen LogP) is 2.14. The van der Waals surface area contributed by atoms with Crippen molar-refractivity contribution in [3.8, 4) is 5.75 Å². The number of ether oxygens (including phenoxy) is 1. The fourth-order valence-corrected chi connectivity index (χ4v) is 2.98. The SMILES string of the molecule is Cc1noc([C@H]2CCCN(C[C@@H](O)COc3ccc(F)cc3)C2)n1. The van der Waals surface area contributed by atoms with Crippen LogP contribution in [0.1, 0.15) is 30.5 Å². The minimum Gasteiger partial charge on any atom is -0.491 e. The average Bonchev–Trinajstić information content (AvgIpc) is 3.01. The summed E-state index contributed by atoms with van der Waals surface area (Å²) in [5.41, 5.74) is 0. The van der Waals surface area contributed by atoms with Crippen molar-refractivity contribution in [3.63, 3.8) is 0 Å². The minimum atomic E-state index is -0.613. The van der Waals surface area contributed by atoms with Gasteiger partial charge in [-0.05, 0) is 50.6 Å². The number of nitrogens with zero attached hydrogens (tertiary/aromatic N) is 3. The Balaban J connectivity index is 1.47. The Morgan fingerprint density at radius 2 is 2.21 bits per heavy atom. The normalized spacial score (nSPS) is 20.0. The lowest BCUT2D eigenvalue weighted by Crippen LogP contribution is -2.41. The van der Waals surface area contributed by atoms with Crippen molar-refractivity contribution >= 4 is 0 Å². The first-order valence-corrected chi connectivity index (χ1v) is 8.19. The molecule has 130 valence electrons. The van der Waals surface area contributed by atoms with Crippen LogP contribution in [0.25, 0.3) is 0 Å². The van der Waals surface area contributed by atoms with E-state index in [4.69, 9.17) is 9.26 Å². The number of aliphatic hydroxyl groups excluding tert-OH is 1. The number of aryl methyl sites for hydroxylation is 1. The number of benzene rings is 1. The van der Waals surface area contributed by atoms with E-state index in [2.05, 4.69) is 15.0 Å². The highest BCUT2D eigenvalue weighted by molar-refractivity contribution is 5.22. The smallest absolute Gasteiger partial charge is 0.231 e. The summed E-state index contributed by atoms with van der Waals surface area (Å²) in [6, 6.07) is 5.78. The molecular weight excluding hydrogens is 313 g/mol. The summed E-state index contributed by atoms with van der Waals surface area (Å²) in [5, 5.41) is 14.0. The second kappa shape index (κ2) is 7.72. The highest BCUT2D eigenvalue weighted by atomic mass is 19.1. The predicted molar refractivity (Wildman–Crippen MR) is 85.4 cm³/mol. The zero-order valence-corrected chi connectivity index (χ0v) is 13.7. The number of hydrogen-bond donors (Lipinski definition) is 1. The van der Waals surface area contributed by atoms with Gasteiger partial charge in [0.2, 0.25) is 5.89 Å². The second-order valence-corrected chi connectivity index (χ2v) is 6.20. The molecule has 1 fully saturated rings. The number of aliphatic hydroxyl groups is 1. The third kappa shape index (κ3) is 4.52. The monoisotopic (exact) mass is 335 g/mol. The number of β-amino-alcohol motifs (C(OH)–C–C–N with tert-alkyl or cyclic N) is 1. The second-order valence-electron chi connectivity index (χ2n) is 6.20. The first-order chi connectivity index (χ1) is 11.6. The number of likely N-dealkylation sites (tertiary alicyclic amines) is 1. The van der Waals surface area contributed by atoms with Gasteiger partial charge in [-0.2, -0.15) is 4.98 Å². The summed E-state index contributed by atoms with van der Waals surface area (Å²) in [7, 11) is 0. The van der Waals surface area contributed by atoms with Crippen molar-refractivity contribution in [2.45, 2.75) is 31.8 Å². The Morgan fingerprint density at radius 1 is 1.42 bits per heavy atom. The number of hydrogen-bond acceptors (Lipinski definition) is 6. The molecule has 0 aliphatic carbocycles. The molecule has 0 radical (unpaired) electrons. The summed E-state index contributed by atoms with van der Waals surface area (Å²) in [6.07, 6.45) is 1.43. The van der Waals surface area contributed by atoms with Gasteiger partial charge in [0.05, 0.1) is 5.92 Å². The standard InChI is InChI=1S/C17H22FN3O3/c1-12-19-17(24-20-12)13-3-2-8-21(9-13)10-15(22)11-23-16-6-4-14(18)5-7-16/h4-7,13,15,22H,2-3,8-11H2,1H3/t13-,15+/m0/s1. The first kappa shape index (κ1) is 16.9. The van der Waals surface area contributed by atoms with E-state index in [1.165, 1.54) is 12.1 Å². The number of aromatic nitrogens is 2. The molecule has 0 unspecified atom stereocenters. The maximum absolute atomic E-state index is 12.8. The third-order valence-corrected chi connectivity index (χ3v) is 4.12. The minimum absolute atomic E-state index is 0.173. The molecule has 0 spiro atoms.